The number of carbonyl (C=O) groups excluding carboxylic acids is 5. The Hall–Kier alpha value is -9.40. The third kappa shape index (κ3) is 15.3. The number of halogens is 3. The molecule has 3 aromatic heterocycles. The van der Waals surface area contributed by atoms with Gasteiger partial charge in [0.25, 0.3) is 11.8 Å². The number of aliphatic carboxylic acids is 1. The first-order chi connectivity index (χ1) is 44.0. The molecule has 25 heteroatoms. The molecule has 1 fully saturated rings. The zero-order valence-electron chi connectivity index (χ0n) is 48.4. The molecule has 0 radical (unpaired) electrons. The molecule has 3 atom stereocenters. The van der Waals surface area contributed by atoms with Crippen molar-refractivity contribution in [3.63, 3.8) is 0 Å². The van der Waals surface area contributed by atoms with E-state index in [1.54, 1.807) is 36.8 Å². The van der Waals surface area contributed by atoms with Gasteiger partial charge in [0, 0.05) is 23.0 Å². The van der Waals surface area contributed by atoms with Crippen LogP contribution in [0.1, 0.15) is 52.1 Å². The van der Waals surface area contributed by atoms with Crippen molar-refractivity contribution in [1.29, 1.82) is 0 Å². The van der Waals surface area contributed by atoms with E-state index in [1.807, 2.05) is 175 Å². The summed E-state index contributed by atoms with van der Waals surface area (Å²) in [7, 11) is 1.57. The van der Waals surface area contributed by atoms with Gasteiger partial charge in [-0.3, -0.25) is 14.5 Å². The number of anilines is 1. The standard InChI is InChI=1S/C64H55N7O9S4.C2HF3O2/c1-41(60(75)79-56(43-18-8-3-9-19-43)44-20-10-4-11-21-44)80-69-53(51-40-82-62(65-51)68-64(46-22-12-5-13-23-46,47-24-14-6-15-25-47)48-26-16-7-17-27-48)57(73)67-54-58(74)71-55(61(76)78-37-42-28-30-49(77-2)31-29-42)45(38-81-59(54)71)39-83-63-66-50-36-70(34-35-72)33-32-52(50)84-63;3-2(4,5)1(6)7/h3-33,36,40-41,54,56,59,72H,34-35,37-39H2,1-2H3,(H-,65,67,68,73);(H,6,7)/b69-53-;/t41-,54?,59-;/m0./s1. The molecule has 3 N–H and O–H groups in total. The number of thiazole rings is 2. The quantitative estimate of drug-likeness (QED) is 0.0103. The van der Waals surface area contributed by atoms with Gasteiger partial charge in [-0.05, 0) is 58.0 Å². The van der Waals surface area contributed by atoms with Crippen LogP contribution in [-0.2, 0) is 57.0 Å². The summed E-state index contributed by atoms with van der Waals surface area (Å²) in [5.41, 5.74) is 5.29. The number of thioether (sulfide) groups is 2. The number of aliphatic hydroxyl groups excluding tert-OH is 1. The summed E-state index contributed by atoms with van der Waals surface area (Å²) in [5, 5.41) is 30.7. The number of amides is 2. The maximum absolute atomic E-state index is 15.0. The van der Waals surface area contributed by atoms with Crippen LogP contribution in [0, 0.1) is 0 Å². The van der Waals surface area contributed by atoms with Gasteiger partial charge >= 0.3 is 18.1 Å². The molecule has 2 aliphatic rings. The minimum absolute atomic E-state index is 0.00991. The number of hydrogen-bond donors (Lipinski definition) is 3. The first kappa shape index (κ1) is 64.6. The lowest BCUT2D eigenvalue weighted by Gasteiger charge is -2.49. The summed E-state index contributed by atoms with van der Waals surface area (Å²) in [4.78, 5) is 84.1. The van der Waals surface area contributed by atoms with Crippen LogP contribution in [0.4, 0.5) is 18.3 Å². The van der Waals surface area contributed by atoms with E-state index >= 15 is 4.79 Å². The summed E-state index contributed by atoms with van der Waals surface area (Å²) >= 11 is 5.57. The number of alkyl halides is 3. The lowest BCUT2D eigenvalue weighted by molar-refractivity contribution is -0.696. The summed E-state index contributed by atoms with van der Waals surface area (Å²) in [6.07, 6.45) is -3.53. The van der Waals surface area contributed by atoms with Gasteiger partial charge in [-0.2, -0.15) is 13.2 Å². The number of rotatable bonds is 23. The maximum atomic E-state index is 15.0. The lowest BCUT2D eigenvalue weighted by Crippen LogP contribution is -2.71. The first-order valence-corrected chi connectivity index (χ1v) is 31.8. The number of nitrogens with zero attached hydrogens (tertiary/aromatic N) is 5. The molecule has 0 saturated carbocycles. The van der Waals surface area contributed by atoms with E-state index in [1.165, 1.54) is 58.0 Å². The molecule has 466 valence electrons. The molecule has 5 heterocycles. The van der Waals surface area contributed by atoms with Gasteiger partial charge in [0.2, 0.25) is 6.10 Å². The van der Waals surface area contributed by atoms with E-state index in [0.717, 1.165) is 42.4 Å². The minimum Gasteiger partial charge on any atom is -0.542 e. The van der Waals surface area contributed by atoms with E-state index in [9.17, 15) is 32.7 Å². The fraction of sp³-hybridized carbons (Fsp3) is 0.197. The third-order valence-electron chi connectivity index (χ3n) is 14.3. The zero-order chi connectivity index (χ0) is 64.1. The van der Waals surface area contributed by atoms with Crippen LogP contribution in [0.3, 0.4) is 0 Å². The van der Waals surface area contributed by atoms with Gasteiger partial charge in [-0.15, -0.1) is 34.4 Å². The van der Waals surface area contributed by atoms with Crippen LogP contribution in [0.2, 0.25) is 0 Å². The molecule has 1 saturated heterocycles. The van der Waals surface area contributed by atoms with Crippen LogP contribution in [-0.4, -0.2) is 104 Å². The maximum Gasteiger partial charge on any atom is 0.430 e. The summed E-state index contributed by atoms with van der Waals surface area (Å²) < 4.78 is 52.5. The highest BCUT2D eigenvalue weighted by molar-refractivity contribution is 8.02. The van der Waals surface area contributed by atoms with Gasteiger partial charge in [-0.1, -0.05) is 181 Å². The second-order valence-corrected chi connectivity index (χ2v) is 24.5. The molecule has 0 spiro atoms. The van der Waals surface area contributed by atoms with Crippen molar-refractivity contribution in [3.8, 4) is 5.75 Å². The number of carboxylic acids is 1. The fourth-order valence-corrected chi connectivity index (χ4v) is 14.1. The number of methoxy groups -OCH3 is 1. The smallest absolute Gasteiger partial charge is 0.430 e. The molecule has 6 aromatic carbocycles. The van der Waals surface area contributed by atoms with Gasteiger partial charge in [-0.25, -0.2) is 24.1 Å². The summed E-state index contributed by atoms with van der Waals surface area (Å²) in [5.74, 6) is -4.53. The number of esters is 2. The van der Waals surface area contributed by atoms with Crippen LogP contribution in [0.25, 0.3) is 10.2 Å². The predicted octanol–water partition coefficient (Wildman–Crippen LogP) is 9.38. The number of aromatic nitrogens is 3. The van der Waals surface area contributed by atoms with Crippen LogP contribution < -0.4 is 25.0 Å². The Morgan fingerprint density at radius 2 is 1.40 bits per heavy atom. The number of ether oxygens (including phenoxy) is 3. The Bertz CT molecular complexity index is 3940. The Labute approximate surface area is 536 Å². The first-order valence-electron chi connectivity index (χ1n) is 28.1. The minimum atomic E-state index is -5.19. The molecule has 0 bridgehead atoms. The number of carbonyl (C=O) groups is 5. The van der Waals surface area contributed by atoms with Gasteiger partial charge < -0.3 is 44.7 Å². The highest BCUT2D eigenvalue weighted by Gasteiger charge is 2.55. The molecule has 2 aliphatic heterocycles. The van der Waals surface area contributed by atoms with E-state index in [4.69, 9.17) is 38.9 Å². The number of aliphatic hydroxyl groups is 1. The normalized spacial score (nSPS) is 15.1. The molecule has 18 nitrogen and oxygen atoms in total. The molecule has 9 aromatic rings. The van der Waals surface area contributed by atoms with Crippen molar-refractivity contribution in [2.75, 3.05) is 30.5 Å². The number of fused-ring (bicyclic) bond motifs is 2. The fourth-order valence-electron chi connectivity index (χ4n) is 9.85. The van der Waals surface area contributed by atoms with Crippen molar-refractivity contribution >= 4 is 97.0 Å². The predicted molar refractivity (Wildman–Crippen MR) is 336 cm³/mol. The van der Waals surface area contributed by atoms with Gasteiger partial charge in [0.1, 0.15) is 58.8 Å². The largest absolute Gasteiger partial charge is 0.542 e. The zero-order valence-corrected chi connectivity index (χ0v) is 51.7. The second-order valence-electron chi connectivity index (χ2n) is 20.3. The van der Waals surface area contributed by atoms with Gasteiger partial charge in [0.15, 0.2) is 40.2 Å². The molecular weight excluding hydrogens is 1250 g/mol. The van der Waals surface area contributed by atoms with Crippen molar-refractivity contribution < 1.29 is 71.0 Å². The van der Waals surface area contributed by atoms with Crippen LogP contribution in [0.5, 0.6) is 5.75 Å². The number of oxime groups is 1. The highest BCUT2D eigenvalue weighted by atomic mass is 32.2. The van der Waals surface area contributed by atoms with Crippen molar-refractivity contribution in [2.24, 2.45) is 5.16 Å². The summed E-state index contributed by atoms with van der Waals surface area (Å²) in [6.45, 7) is 1.83. The highest BCUT2D eigenvalue weighted by Crippen LogP contribution is 2.44. The Kier molecular flexibility index (Phi) is 20.9. The number of β-lactam (4-membered cyclic amide) rings is 1. The van der Waals surface area contributed by atoms with Crippen LogP contribution >= 0.6 is 46.2 Å². The van der Waals surface area contributed by atoms with Crippen molar-refractivity contribution in [3.05, 3.63) is 250 Å². The van der Waals surface area contributed by atoms with Crippen molar-refractivity contribution in [2.45, 2.75) is 59.8 Å². The van der Waals surface area contributed by atoms with Crippen LogP contribution in [0.15, 0.2) is 221 Å². The van der Waals surface area contributed by atoms with Crippen molar-refractivity contribution in [1.82, 2.24) is 20.2 Å². The number of pyridine rings is 1. The van der Waals surface area contributed by atoms with E-state index in [-0.39, 0.29) is 30.3 Å². The number of carboxylic acid groups (broad SMARTS) is 1. The third-order valence-corrected chi connectivity index (χ3v) is 18.7. The van der Waals surface area contributed by atoms with E-state index in [2.05, 4.69) is 15.8 Å². The number of benzene rings is 6. The lowest BCUT2D eigenvalue weighted by atomic mass is 9.77. The molecule has 91 heavy (non-hydrogen) atoms. The average Bonchev–Trinajstić information content (AvgIpc) is 1.33. The molecule has 11 rings (SSSR count). The Morgan fingerprint density at radius 3 is 1.95 bits per heavy atom. The topological polar surface area (TPSA) is 235 Å². The monoisotopic (exact) mass is 1310 g/mol. The van der Waals surface area contributed by atoms with E-state index in [0.29, 0.717) is 40.1 Å². The average molecular weight is 1310 g/mol. The molecule has 2 amide bonds. The second kappa shape index (κ2) is 29.5. The van der Waals surface area contributed by atoms with Gasteiger partial charge in [0.05, 0.1) is 11.8 Å². The molecule has 1 unspecified atom stereocenters. The Balaban J connectivity index is 0.00000123. The molecular formula is C66H56F3N7O11S4. The SMILES string of the molecule is COc1ccc(COC(=O)C2=C(CSc3nc4c[n+](CCO)ccc4s3)CS[C@H]3C(NC(=O)/C(=N\O[C@@H](C)C(=O)OC(c4ccccc4)c4ccccc4)c4csc(NC(c5ccccc5)(c5ccccc5)c5ccccc5)n4)C(=O)N23)cc1.O=C([O-])C(F)(F)F. The number of hydrogen-bond acceptors (Lipinski definition) is 19. The number of nitrogens with one attached hydrogen (secondary N) is 2. The van der Waals surface area contributed by atoms with E-state index < -0.39 is 65.1 Å². The molecule has 0 aliphatic carbocycles. The Morgan fingerprint density at radius 1 is 0.824 bits per heavy atom. The summed E-state index contributed by atoms with van der Waals surface area (Å²) in [6, 6.07) is 56.6.